The summed E-state index contributed by atoms with van der Waals surface area (Å²) in [7, 11) is 0. The van der Waals surface area contributed by atoms with Crippen LogP contribution in [0.1, 0.15) is 28.3 Å². The maximum absolute atomic E-state index is 13.1. The standard InChI is InChI=1S/C16H19F2NOS/c1-10(7-13-5-3-11(2)21-13)19-9-16(20)12-4-6-14(17)15(18)8-12/h3-6,8,10,16,19-20H,7,9H2,1-2H3. The van der Waals surface area contributed by atoms with Gasteiger partial charge in [-0.3, -0.25) is 0 Å². The van der Waals surface area contributed by atoms with Crippen LogP contribution in [-0.4, -0.2) is 17.7 Å². The van der Waals surface area contributed by atoms with Crippen LogP contribution in [-0.2, 0) is 6.42 Å². The molecule has 0 aliphatic carbocycles. The van der Waals surface area contributed by atoms with Crippen LogP contribution in [0, 0.1) is 18.6 Å². The lowest BCUT2D eigenvalue weighted by Gasteiger charge is -2.17. The number of hydrogen-bond acceptors (Lipinski definition) is 3. The number of aryl methyl sites for hydroxylation is 1. The first-order chi connectivity index (χ1) is 9.95. The summed E-state index contributed by atoms with van der Waals surface area (Å²) in [6.07, 6.45) is 0.0239. The molecule has 0 fully saturated rings. The Morgan fingerprint density at radius 3 is 2.57 bits per heavy atom. The number of hydrogen-bond donors (Lipinski definition) is 2. The topological polar surface area (TPSA) is 32.3 Å². The Hall–Kier alpha value is -1.30. The minimum atomic E-state index is -0.936. The molecule has 2 atom stereocenters. The van der Waals surface area contributed by atoms with Crippen LogP contribution < -0.4 is 5.32 Å². The van der Waals surface area contributed by atoms with E-state index in [4.69, 9.17) is 0 Å². The van der Waals surface area contributed by atoms with Crippen LogP contribution >= 0.6 is 11.3 Å². The van der Waals surface area contributed by atoms with Crippen LogP contribution in [0.15, 0.2) is 30.3 Å². The molecule has 1 aromatic carbocycles. The molecule has 0 radical (unpaired) electrons. The third-order valence-corrected chi connectivity index (χ3v) is 4.31. The Morgan fingerprint density at radius 2 is 1.95 bits per heavy atom. The average Bonchev–Trinajstić information content (AvgIpc) is 2.84. The summed E-state index contributed by atoms with van der Waals surface area (Å²) >= 11 is 1.76. The van der Waals surface area contributed by atoms with Crippen molar-refractivity contribution in [3.05, 3.63) is 57.3 Å². The van der Waals surface area contributed by atoms with Crippen molar-refractivity contribution in [1.82, 2.24) is 5.32 Å². The number of aliphatic hydroxyl groups excluding tert-OH is 1. The molecule has 1 aromatic heterocycles. The average molecular weight is 311 g/mol. The summed E-state index contributed by atoms with van der Waals surface area (Å²) in [6.45, 7) is 4.41. The van der Waals surface area contributed by atoms with Crippen molar-refractivity contribution >= 4 is 11.3 Å². The van der Waals surface area contributed by atoms with Gasteiger partial charge in [0.1, 0.15) is 0 Å². The number of halogens is 2. The normalized spacial score (nSPS) is 14.1. The summed E-state index contributed by atoms with van der Waals surface area (Å²) < 4.78 is 26.0. The predicted molar refractivity (Wildman–Crippen MR) is 81.5 cm³/mol. The van der Waals surface area contributed by atoms with E-state index >= 15 is 0 Å². The predicted octanol–water partition coefficient (Wildman–Crippen LogP) is 3.59. The second-order valence-corrected chi connectivity index (χ2v) is 6.59. The maximum Gasteiger partial charge on any atom is 0.159 e. The fourth-order valence-electron chi connectivity index (χ4n) is 2.12. The summed E-state index contributed by atoms with van der Waals surface area (Å²) in [4.78, 5) is 2.56. The second-order valence-electron chi connectivity index (χ2n) is 5.22. The Balaban J connectivity index is 1.85. The number of aliphatic hydroxyl groups is 1. The molecule has 2 rings (SSSR count). The van der Waals surface area contributed by atoms with Crippen LogP contribution in [0.25, 0.3) is 0 Å². The molecule has 0 amide bonds. The van der Waals surface area contributed by atoms with Gasteiger partial charge in [0.25, 0.3) is 0 Å². The van der Waals surface area contributed by atoms with E-state index in [2.05, 4.69) is 24.4 Å². The van der Waals surface area contributed by atoms with Crippen LogP contribution in [0.5, 0.6) is 0 Å². The van der Waals surface area contributed by atoms with E-state index < -0.39 is 17.7 Å². The smallest absolute Gasteiger partial charge is 0.159 e. The Bertz CT molecular complexity index is 600. The van der Waals surface area contributed by atoms with E-state index in [0.29, 0.717) is 12.1 Å². The lowest BCUT2D eigenvalue weighted by Crippen LogP contribution is -2.31. The van der Waals surface area contributed by atoms with Gasteiger partial charge >= 0.3 is 0 Å². The Labute approximate surface area is 127 Å². The molecule has 21 heavy (non-hydrogen) atoms. The molecule has 0 spiro atoms. The molecule has 2 aromatic rings. The van der Waals surface area contributed by atoms with Crippen LogP contribution in [0.3, 0.4) is 0 Å². The van der Waals surface area contributed by atoms with Crippen LogP contribution in [0.4, 0.5) is 8.78 Å². The van der Waals surface area contributed by atoms with Gasteiger partial charge in [-0.15, -0.1) is 11.3 Å². The number of nitrogens with one attached hydrogen (secondary N) is 1. The van der Waals surface area contributed by atoms with Crippen molar-refractivity contribution in [2.75, 3.05) is 6.54 Å². The number of benzene rings is 1. The largest absolute Gasteiger partial charge is 0.387 e. The fraction of sp³-hybridized carbons (Fsp3) is 0.375. The minimum absolute atomic E-state index is 0.197. The molecule has 2 unspecified atom stereocenters. The Kier molecular flexibility index (Phi) is 5.45. The van der Waals surface area contributed by atoms with E-state index in [1.54, 1.807) is 11.3 Å². The van der Waals surface area contributed by atoms with Crippen molar-refractivity contribution in [1.29, 1.82) is 0 Å². The van der Waals surface area contributed by atoms with Gasteiger partial charge in [0.05, 0.1) is 6.10 Å². The SMILES string of the molecule is Cc1ccc(CC(C)NCC(O)c2ccc(F)c(F)c2)s1. The molecule has 1 heterocycles. The third-order valence-electron chi connectivity index (χ3n) is 3.29. The Morgan fingerprint density at radius 1 is 1.19 bits per heavy atom. The highest BCUT2D eigenvalue weighted by atomic mass is 32.1. The summed E-state index contributed by atoms with van der Waals surface area (Å²) in [5.41, 5.74) is 0.376. The van der Waals surface area contributed by atoms with Gasteiger partial charge in [-0.25, -0.2) is 8.78 Å². The lowest BCUT2D eigenvalue weighted by molar-refractivity contribution is 0.170. The number of thiophene rings is 1. The molecule has 0 saturated heterocycles. The zero-order chi connectivity index (χ0) is 15.4. The van der Waals surface area contributed by atoms with Gasteiger partial charge in [0.2, 0.25) is 0 Å². The van der Waals surface area contributed by atoms with E-state index in [1.165, 1.54) is 15.8 Å². The monoisotopic (exact) mass is 311 g/mol. The first-order valence-electron chi connectivity index (χ1n) is 6.87. The van der Waals surface area contributed by atoms with Gasteiger partial charge in [-0.1, -0.05) is 6.07 Å². The highest BCUT2D eigenvalue weighted by Crippen LogP contribution is 2.18. The van der Waals surface area contributed by atoms with E-state index in [-0.39, 0.29) is 6.04 Å². The van der Waals surface area contributed by atoms with E-state index in [0.717, 1.165) is 18.6 Å². The molecule has 0 aliphatic rings. The summed E-state index contributed by atoms with van der Waals surface area (Å²) in [6, 6.07) is 7.86. The van der Waals surface area contributed by atoms with E-state index in [1.807, 2.05) is 6.92 Å². The maximum atomic E-state index is 13.1. The minimum Gasteiger partial charge on any atom is -0.387 e. The highest BCUT2D eigenvalue weighted by Gasteiger charge is 2.12. The molecule has 2 nitrogen and oxygen atoms in total. The molecule has 0 saturated carbocycles. The highest BCUT2D eigenvalue weighted by molar-refractivity contribution is 7.11. The summed E-state index contributed by atoms with van der Waals surface area (Å²) in [5, 5.41) is 13.2. The quantitative estimate of drug-likeness (QED) is 0.854. The molecule has 0 aliphatic heterocycles. The zero-order valence-electron chi connectivity index (χ0n) is 12.1. The lowest BCUT2D eigenvalue weighted by atomic mass is 10.1. The van der Waals surface area contributed by atoms with Gasteiger partial charge in [0.15, 0.2) is 11.6 Å². The van der Waals surface area contributed by atoms with Crippen LogP contribution in [0.2, 0.25) is 0 Å². The zero-order valence-corrected chi connectivity index (χ0v) is 12.9. The molecule has 2 N–H and O–H groups in total. The van der Waals surface area contributed by atoms with E-state index in [9.17, 15) is 13.9 Å². The van der Waals surface area contributed by atoms with Crippen molar-refractivity contribution in [3.8, 4) is 0 Å². The van der Waals surface area contributed by atoms with Gasteiger partial charge in [-0.2, -0.15) is 0 Å². The molecule has 114 valence electrons. The first kappa shape index (κ1) is 16.1. The third kappa shape index (κ3) is 4.59. The van der Waals surface area contributed by atoms with Gasteiger partial charge < -0.3 is 10.4 Å². The molecule has 0 bridgehead atoms. The van der Waals surface area contributed by atoms with Gasteiger partial charge in [-0.05, 0) is 50.1 Å². The van der Waals surface area contributed by atoms with Crippen molar-refractivity contribution in [2.24, 2.45) is 0 Å². The number of rotatable bonds is 6. The summed E-state index contributed by atoms with van der Waals surface area (Å²) in [5.74, 6) is -1.84. The second kappa shape index (κ2) is 7.11. The molecule has 5 heteroatoms. The molecular weight excluding hydrogens is 292 g/mol. The van der Waals surface area contributed by atoms with Gasteiger partial charge in [0, 0.05) is 22.3 Å². The van der Waals surface area contributed by atoms with Crippen molar-refractivity contribution in [2.45, 2.75) is 32.4 Å². The fourth-order valence-corrected chi connectivity index (χ4v) is 3.14. The first-order valence-corrected chi connectivity index (χ1v) is 7.69. The molecular formula is C16H19F2NOS. The van der Waals surface area contributed by atoms with Crippen molar-refractivity contribution in [3.63, 3.8) is 0 Å². The van der Waals surface area contributed by atoms with Crippen molar-refractivity contribution < 1.29 is 13.9 Å².